The normalized spacial score (nSPS) is 9.31. The number of hydrogen-bond acceptors (Lipinski definition) is 2. The Morgan fingerprint density at radius 3 is 2.81 bits per heavy atom. The molecule has 0 radical (unpaired) electrons. The highest BCUT2D eigenvalue weighted by atomic mass is 127. The molecule has 0 aliphatic rings. The van der Waals surface area contributed by atoms with E-state index in [-0.39, 0.29) is 5.91 Å². The summed E-state index contributed by atoms with van der Waals surface area (Å²) in [4.78, 5) is 13.1. The van der Waals surface area contributed by atoms with E-state index in [4.69, 9.17) is 5.26 Å². The molecule has 0 aromatic heterocycles. The van der Waals surface area contributed by atoms with Crippen molar-refractivity contribution in [3.63, 3.8) is 0 Å². The molecule has 0 bridgehead atoms. The van der Waals surface area contributed by atoms with Gasteiger partial charge >= 0.3 is 0 Å². The van der Waals surface area contributed by atoms with Gasteiger partial charge in [0.05, 0.1) is 17.3 Å². The Bertz CT molecular complexity index is 463. The van der Waals surface area contributed by atoms with Crippen molar-refractivity contribution in [2.75, 3.05) is 11.4 Å². The second kappa shape index (κ2) is 5.66. The fraction of sp³-hybridized carbons (Fsp3) is 0.167. The molecule has 4 heteroatoms. The number of carbonyl (C=O) groups excluding carboxylic acids is 1. The first kappa shape index (κ1) is 12.7. The van der Waals surface area contributed by atoms with Crippen LogP contribution in [0.25, 0.3) is 0 Å². The van der Waals surface area contributed by atoms with Crippen LogP contribution >= 0.6 is 22.6 Å². The minimum Gasteiger partial charge on any atom is -0.308 e. The minimum absolute atomic E-state index is 0.0393. The maximum Gasteiger partial charge on any atom is 0.224 e. The molecular formula is C12H11IN2O. The van der Waals surface area contributed by atoms with Gasteiger partial charge in [-0.05, 0) is 40.8 Å². The molecule has 0 aliphatic heterocycles. The van der Waals surface area contributed by atoms with Gasteiger partial charge in [0.1, 0.15) is 0 Å². The van der Waals surface area contributed by atoms with Crippen molar-refractivity contribution in [2.24, 2.45) is 0 Å². The van der Waals surface area contributed by atoms with Gasteiger partial charge in [-0.3, -0.25) is 4.79 Å². The second-order valence-electron chi connectivity index (χ2n) is 3.20. The molecule has 0 saturated heterocycles. The minimum atomic E-state index is -0.0393. The predicted octanol–water partition coefficient (Wildman–Crippen LogP) is 2.70. The molecule has 16 heavy (non-hydrogen) atoms. The number of anilines is 1. The van der Waals surface area contributed by atoms with Gasteiger partial charge in [0.15, 0.2) is 0 Å². The van der Waals surface area contributed by atoms with Crippen molar-refractivity contribution in [3.05, 3.63) is 40.0 Å². The first-order valence-electron chi connectivity index (χ1n) is 4.68. The van der Waals surface area contributed by atoms with Crippen LogP contribution in [0.15, 0.2) is 30.9 Å². The molecular weight excluding hydrogens is 315 g/mol. The van der Waals surface area contributed by atoms with Crippen LogP contribution in [0.1, 0.15) is 12.5 Å². The van der Waals surface area contributed by atoms with E-state index >= 15 is 0 Å². The first-order chi connectivity index (χ1) is 7.60. The van der Waals surface area contributed by atoms with Gasteiger partial charge in [0, 0.05) is 17.0 Å². The summed E-state index contributed by atoms with van der Waals surface area (Å²) in [6, 6.07) is 7.31. The van der Waals surface area contributed by atoms with Gasteiger partial charge in [-0.1, -0.05) is 6.08 Å². The van der Waals surface area contributed by atoms with Crippen LogP contribution in [0.4, 0.5) is 5.69 Å². The van der Waals surface area contributed by atoms with Gasteiger partial charge in [-0.2, -0.15) is 5.26 Å². The lowest BCUT2D eigenvalue weighted by Gasteiger charge is -2.20. The Hall–Kier alpha value is -1.35. The van der Waals surface area contributed by atoms with E-state index in [1.807, 2.05) is 0 Å². The number of hydrogen-bond donors (Lipinski definition) is 0. The van der Waals surface area contributed by atoms with Gasteiger partial charge in [-0.25, -0.2) is 0 Å². The fourth-order valence-corrected chi connectivity index (χ4v) is 2.13. The smallest absolute Gasteiger partial charge is 0.224 e. The molecule has 0 saturated carbocycles. The molecule has 3 nitrogen and oxygen atoms in total. The molecule has 1 aromatic carbocycles. The van der Waals surface area contributed by atoms with Gasteiger partial charge < -0.3 is 4.90 Å². The summed E-state index contributed by atoms with van der Waals surface area (Å²) < 4.78 is 0.883. The number of rotatable bonds is 3. The van der Waals surface area contributed by atoms with E-state index in [2.05, 4.69) is 35.2 Å². The summed E-state index contributed by atoms with van der Waals surface area (Å²) in [6.07, 6.45) is 1.68. The lowest BCUT2D eigenvalue weighted by Crippen LogP contribution is -2.29. The summed E-state index contributed by atoms with van der Waals surface area (Å²) >= 11 is 2.12. The lowest BCUT2D eigenvalue weighted by atomic mass is 10.2. The highest BCUT2D eigenvalue weighted by Gasteiger charge is 2.12. The number of nitriles is 1. The van der Waals surface area contributed by atoms with Crippen LogP contribution < -0.4 is 4.90 Å². The van der Waals surface area contributed by atoms with Gasteiger partial charge in [0.25, 0.3) is 0 Å². The van der Waals surface area contributed by atoms with Crippen LogP contribution in [0, 0.1) is 14.9 Å². The topological polar surface area (TPSA) is 44.1 Å². The molecule has 1 aromatic rings. The van der Waals surface area contributed by atoms with Crippen LogP contribution in [-0.4, -0.2) is 12.5 Å². The zero-order valence-corrected chi connectivity index (χ0v) is 11.1. The third-order valence-electron chi connectivity index (χ3n) is 2.06. The van der Waals surface area contributed by atoms with Crippen LogP contribution in [-0.2, 0) is 4.79 Å². The number of benzene rings is 1. The monoisotopic (exact) mass is 326 g/mol. The number of carbonyl (C=O) groups is 1. The Balaban J connectivity index is 3.15. The predicted molar refractivity (Wildman–Crippen MR) is 72.1 cm³/mol. The lowest BCUT2D eigenvalue weighted by molar-refractivity contribution is -0.116. The summed E-state index contributed by atoms with van der Waals surface area (Å²) in [7, 11) is 0. The summed E-state index contributed by atoms with van der Waals surface area (Å²) in [5.74, 6) is -0.0393. The Morgan fingerprint density at radius 2 is 2.38 bits per heavy atom. The molecule has 0 heterocycles. The van der Waals surface area contributed by atoms with E-state index in [1.54, 1.807) is 29.2 Å². The van der Waals surface area contributed by atoms with E-state index in [9.17, 15) is 4.79 Å². The summed E-state index contributed by atoms with van der Waals surface area (Å²) in [5.41, 5.74) is 1.40. The zero-order chi connectivity index (χ0) is 12.1. The SMILES string of the molecule is C=CCN(C(C)=O)c1ccc(C#N)cc1I. The highest BCUT2D eigenvalue weighted by Crippen LogP contribution is 2.23. The summed E-state index contributed by atoms with van der Waals surface area (Å²) in [5, 5.41) is 8.75. The van der Waals surface area contributed by atoms with E-state index in [1.165, 1.54) is 6.92 Å². The van der Waals surface area contributed by atoms with E-state index < -0.39 is 0 Å². The zero-order valence-electron chi connectivity index (χ0n) is 8.90. The molecule has 0 spiro atoms. The molecule has 0 fully saturated rings. The first-order valence-corrected chi connectivity index (χ1v) is 5.76. The molecule has 1 rings (SSSR count). The largest absolute Gasteiger partial charge is 0.308 e. The fourth-order valence-electron chi connectivity index (χ4n) is 1.32. The molecule has 0 N–H and O–H groups in total. The quantitative estimate of drug-likeness (QED) is 0.633. The average Bonchev–Trinajstić information content (AvgIpc) is 2.26. The van der Waals surface area contributed by atoms with Gasteiger partial charge in [-0.15, -0.1) is 6.58 Å². The number of amides is 1. The van der Waals surface area contributed by atoms with Crippen LogP contribution in [0.2, 0.25) is 0 Å². The molecule has 0 aliphatic carbocycles. The molecule has 0 unspecified atom stereocenters. The van der Waals surface area contributed by atoms with Gasteiger partial charge in [0.2, 0.25) is 5.91 Å². The average molecular weight is 326 g/mol. The van der Waals surface area contributed by atoms with Crippen LogP contribution in [0.3, 0.4) is 0 Å². The molecule has 0 atom stereocenters. The van der Waals surface area contributed by atoms with Crippen molar-refractivity contribution in [1.82, 2.24) is 0 Å². The molecule has 1 amide bonds. The van der Waals surface area contributed by atoms with Crippen molar-refractivity contribution in [3.8, 4) is 6.07 Å². The van der Waals surface area contributed by atoms with E-state index in [0.717, 1.165) is 9.26 Å². The highest BCUT2D eigenvalue weighted by molar-refractivity contribution is 14.1. The Morgan fingerprint density at radius 1 is 1.69 bits per heavy atom. The van der Waals surface area contributed by atoms with Crippen molar-refractivity contribution in [1.29, 1.82) is 5.26 Å². The summed E-state index contributed by atoms with van der Waals surface area (Å²) in [6.45, 7) is 5.60. The third kappa shape index (κ3) is 2.83. The maximum absolute atomic E-state index is 11.5. The van der Waals surface area contributed by atoms with Crippen LogP contribution in [0.5, 0.6) is 0 Å². The van der Waals surface area contributed by atoms with Crippen molar-refractivity contribution in [2.45, 2.75) is 6.92 Å². The standard InChI is InChI=1S/C12H11IN2O/c1-3-6-15(9(2)16)12-5-4-10(8-14)7-11(12)13/h3-5,7H,1,6H2,2H3. The van der Waals surface area contributed by atoms with E-state index in [0.29, 0.717) is 12.1 Å². The maximum atomic E-state index is 11.5. The molecule has 82 valence electrons. The Labute approximate surface area is 109 Å². The number of halogens is 1. The third-order valence-corrected chi connectivity index (χ3v) is 2.92. The van der Waals surface area contributed by atoms with Crippen molar-refractivity contribution >= 4 is 34.2 Å². The van der Waals surface area contributed by atoms with Crippen molar-refractivity contribution < 1.29 is 4.79 Å². The number of nitrogens with zero attached hydrogens (tertiary/aromatic N) is 2. The second-order valence-corrected chi connectivity index (χ2v) is 4.36. The Kier molecular flexibility index (Phi) is 4.50.